The molecule has 1 aliphatic heterocycles. The van der Waals surface area contributed by atoms with Crippen LogP contribution in [0.2, 0.25) is 0 Å². The molecule has 0 aromatic rings. The van der Waals surface area contributed by atoms with E-state index in [1.807, 2.05) is 0 Å². The fraction of sp³-hybridized carbons (Fsp3) is 1.00. The maximum Gasteiger partial charge on any atom is 0.0206 e. The van der Waals surface area contributed by atoms with E-state index in [0.717, 1.165) is 6.54 Å². The molecule has 0 saturated carbocycles. The summed E-state index contributed by atoms with van der Waals surface area (Å²) in [5.41, 5.74) is 0. The Hall–Kier alpha value is 0.650. The summed E-state index contributed by atoms with van der Waals surface area (Å²) in [5, 5.41) is 3.43. The highest BCUT2D eigenvalue weighted by Gasteiger charge is 2.09. The van der Waals surface area contributed by atoms with Crippen LogP contribution in [0.5, 0.6) is 0 Å². The molecule has 1 saturated heterocycles. The van der Waals surface area contributed by atoms with Gasteiger partial charge in [-0.05, 0) is 13.3 Å². The van der Waals surface area contributed by atoms with Crippen molar-refractivity contribution in [2.45, 2.75) is 19.4 Å². The summed E-state index contributed by atoms with van der Waals surface area (Å²) < 4.78 is 2.34. The molecule has 0 spiro atoms. The molecule has 1 heterocycles. The van der Waals surface area contributed by atoms with Crippen LogP contribution >= 0.6 is 22.9 Å². The molecule has 0 radical (unpaired) electrons. The lowest BCUT2D eigenvalue weighted by Crippen LogP contribution is -2.26. The molecule has 0 aromatic heterocycles. The van der Waals surface area contributed by atoms with Gasteiger partial charge in [0.15, 0.2) is 0 Å². The second-order valence-electron chi connectivity index (χ2n) is 2.55. The Morgan fingerprint density at radius 3 is 3.11 bits per heavy atom. The quantitative estimate of drug-likeness (QED) is 0.502. The van der Waals surface area contributed by atoms with Gasteiger partial charge in [0, 0.05) is 48.5 Å². The SMILES string of the molecule is C[C@H]1CCN(I)CCN1. The Labute approximate surface area is 70.5 Å². The van der Waals surface area contributed by atoms with Gasteiger partial charge < -0.3 is 5.32 Å². The number of hydrogen-bond acceptors (Lipinski definition) is 2. The Morgan fingerprint density at radius 2 is 2.33 bits per heavy atom. The van der Waals surface area contributed by atoms with Crippen molar-refractivity contribution < 1.29 is 0 Å². The molecule has 1 N–H and O–H groups in total. The normalized spacial score (nSPS) is 32.0. The van der Waals surface area contributed by atoms with Gasteiger partial charge in [-0.1, -0.05) is 0 Å². The van der Waals surface area contributed by atoms with Crippen molar-refractivity contribution in [1.29, 1.82) is 0 Å². The van der Waals surface area contributed by atoms with Gasteiger partial charge in [0.05, 0.1) is 0 Å². The number of halogens is 1. The van der Waals surface area contributed by atoms with Crippen LogP contribution in [-0.2, 0) is 0 Å². The molecular formula is C6H13IN2. The van der Waals surface area contributed by atoms with Crippen LogP contribution in [0.15, 0.2) is 0 Å². The molecule has 0 aliphatic carbocycles. The van der Waals surface area contributed by atoms with Gasteiger partial charge in [0.2, 0.25) is 0 Å². The highest BCUT2D eigenvalue weighted by Crippen LogP contribution is 2.04. The second-order valence-corrected chi connectivity index (χ2v) is 3.92. The van der Waals surface area contributed by atoms with Crippen molar-refractivity contribution in [1.82, 2.24) is 8.43 Å². The van der Waals surface area contributed by atoms with Crippen molar-refractivity contribution in [2.75, 3.05) is 19.6 Å². The van der Waals surface area contributed by atoms with Gasteiger partial charge in [0.25, 0.3) is 0 Å². The average molecular weight is 240 g/mol. The van der Waals surface area contributed by atoms with Crippen molar-refractivity contribution in [3.05, 3.63) is 0 Å². The first kappa shape index (κ1) is 7.75. The van der Waals surface area contributed by atoms with E-state index >= 15 is 0 Å². The first-order valence-electron chi connectivity index (χ1n) is 3.43. The standard InChI is InChI=1S/C6H13IN2/c1-6-2-4-9(7)5-3-8-6/h6,8H,2-5H2,1H3/t6-/m0/s1. The van der Waals surface area contributed by atoms with Gasteiger partial charge in [0.1, 0.15) is 0 Å². The van der Waals surface area contributed by atoms with Crippen LogP contribution in [0, 0.1) is 0 Å². The summed E-state index contributed by atoms with van der Waals surface area (Å²) in [6.07, 6.45) is 1.28. The van der Waals surface area contributed by atoms with Crippen LogP contribution in [0.3, 0.4) is 0 Å². The second kappa shape index (κ2) is 3.73. The number of hydrogen-bond donors (Lipinski definition) is 1. The zero-order chi connectivity index (χ0) is 6.69. The predicted molar refractivity (Wildman–Crippen MR) is 47.7 cm³/mol. The lowest BCUT2D eigenvalue weighted by Gasteiger charge is -2.07. The third-order valence-corrected chi connectivity index (χ3v) is 2.62. The molecule has 1 aliphatic rings. The zero-order valence-electron chi connectivity index (χ0n) is 5.73. The molecule has 0 unspecified atom stereocenters. The lowest BCUT2D eigenvalue weighted by atomic mass is 10.2. The smallest absolute Gasteiger partial charge is 0.0206 e. The van der Waals surface area contributed by atoms with Crippen molar-refractivity contribution >= 4 is 22.9 Å². The van der Waals surface area contributed by atoms with E-state index in [2.05, 4.69) is 38.2 Å². The topological polar surface area (TPSA) is 15.3 Å². The van der Waals surface area contributed by atoms with Gasteiger partial charge >= 0.3 is 0 Å². The first-order chi connectivity index (χ1) is 4.29. The summed E-state index contributed by atoms with van der Waals surface area (Å²) in [5.74, 6) is 0. The van der Waals surface area contributed by atoms with Crippen molar-refractivity contribution in [3.63, 3.8) is 0 Å². The van der Waals surface area contributed by atoms with Crippen LogP contribution < -0.4 is 5.32 Å². The number of rotatable bonds is 0. The summed E-state index contributed by atoms with van der Waals surface area (Å²) in [6, 6.07) is 0.713. The number of nitrogens with zero attached hydrogens (tertiary/aromatic N) is 1. The molecule has 54 valence electrons. The highest BCUT2D eigenvalue weighted by atomic mass is 127. The third-order valence-electron chi connectivity index (χ3n) is 1.65. The van der Waals surface area contributed by atoms with E-state index in [0.29, 0.717) is 6.04 Å². The minimum Gasteiger partial charge on any atom is -0.313 e. The molecular weight excluding hydrogens is 227 g/mol. The van der Waals surface area contributed by atoms with Crippen molar-refractivity contribution in [2.24, 2.45) is 0 Å². The summed E-state index contributed by atoms with van der Waals surface area (Å²) in [4.78, 5) is 0. The molecule has 2 nitrogen and oxygen atoms in total. The van der Waals surface area contributed by atoms with Gasteiger partial charge in [-0.15, -0.1) is 0 Å². The van der Waals surface area contributed by atoms with Crippen LogP contribution in [0.1, 0.15) is 13.3 Å². The molecule has 3 heteroatoms. The molecule has 0 aromatic carbocycles. The molecule has 1 fully saturated rings. The Morgan fingerprint density at radius 1 is 1.56 bits per heavy atom. The van der Waals surface area contributed by atoms with Crippen LogP contribution in [-0.4, -0.2) is 28.8 Å². The minimum absolute atomic E-state index is 0.713. The molecule has 0 bridgehead atoms. The van der Waals surface area contributed by atoms with E-state index < -0.39 is 0 Å². The van der Waals surface area contributed by atoms with E-state index in [1.54, 1.807) is 0 Å². The Kier molecular flexibility index (Phi) is 3.21. The van der Waals surface area contributed by atoms with E-state index in [9.17, 15) is 0 Å². The van der Waals surface area contributed by atoms with E-state index in [1.165, 1.54) is 19.5 Å². The van der Waals surface area contributed by atoms with Gasteiger partial charge in [-0.2, -0.15) is 0 Å². The summed E-state index contributed by atoms with van der Waals surface area (Å²) >= 11 is 2.38. The van der Waals surface area contributed by atoms with Crippen molar-refractivity contribution in [3.8, 4) is 0 Å². The maximum absolute atomic E-state index is 3.43. The van der Waals surface area contributed by atoms with E-state index in [4.69, 9.17) is 0 Å². The summed E-state index contributed by atoms with van der Waals surface area (Å²) in [6.45, 7) is 5.81. The molecule has 1 atom stereocenters. The third kappa shape index (κ3) is 2.82. The summed E-state index contributed by atoms with van der Waals surface area (Å²) in [7, 11) is 0. The maximum atomic E-state index is 3.43. The fourth-order valence-electron chi connectivity index (χ4n) is 0.980. The van der Waals surface area contributed by atoms with Crippen LogP contribution in [0.25, 0.3) is 0 Å². The average Bonchev–Trinajstić information content (AvgIpc) is 1.97. The monoisotopic (exact) mass is 240 g/mol. The largest absolute Gasteiger partial charge is 0.313 e. The molecule has 0 amide bonds. The van der Waals surface area contributed by atoms with Gasteiger partial charge in [-0.25, -0.2) is 3.11 Å². The Balaban J connectivity index is 2.25. The zero-order valence-corrected chi connectivity index (χ0v) is 7.89. The van der Waals surface area contributed by atoms with E-state index in [-0.39, 0.29) is 0 Å². The molecule has 1 rings (SSSR count). The Bertz CT molecular complexity index is 77.1. The minimum atomic E-state index is 0.713. The number of nitrogens with one attached hydrogen (secondary N) is 1. The predicted octanol–water partition coefficient (Wildman–Crippen LogP) is 1.02. The lowest BCUT2D eigenvalue weighted by molar-refractivity contribution is 0.529. The molecule has 9 heavy (non-hydrogen) atoms. The van der Waals surface area contributed by atoms with Gasteiger partial charge in [-0.3, -0.25) is 0 Å². The fourth-order valence-corrected chi connectivity index (χ4v) is 1.50. The van der Waals surface area contributed by atoms with Crippen LogP contribution in [0.4, 0.5) is 0 Å². The highest BCUT2D eigenvalue weighted by molar-refractivity contribution is 14.1. The first-order valence-corrected chi connectivity index (χ1v) is 4.39.